The Balaban J connectivity index is 1.89. The summed E-state index contributed by atoms with van der Waals surface area (Å²) in [5.41, 5.74) is 8.75. The van der Waals surface area contributed by atoms with Gasteiger partial charge in [-0.15, -0.1) is 0 Å². The molecule has 0 bridgehead atoms. The highest BCUT2D eigenvalue weighted by Gasteiger charge is 2.29. The molecule has 0 aliphatic heterocycles. The third kappa shape index (κ3) is 2.45. The maximum atomic E-state index is 13.9. The van der Waals surface area contributed by atoms with Crippen LogP contribution in [0.3, 0.4) is 0 Å². The van der Waals surface area contributed by atoms with Gasteiger partial charge in [0.15, 0.2) is 11.0 Å². The van der Waals surface area contributed by atoms with Crippen molar-refractivity contribution in [2.45, 2.75) is 25.7 Å². The number of alkyl halides is 2. The lowest BCUT2D eigenvalue weighted by molar-refractivity contribution is 0.0180. The Morgan fingerprint density at radius 3 is 2.75 bits per heavy atom. The Labute approximate surface area is 141 Å². The lowest BCUT2D eigenvalue weighted by Gasteiger charge is -2.17. The van der Waals surface area contributed by atoms with Crippen LogP contribution >= 0.6 is 11.3 Å². The first kappa shape index (κ1) is 15.1. The topological polar surface area (TPSA) is 64.7 Å². The molecule has 2 heterocycles. The normalized spacial score (nSPS) is 13.5. The standard InChI is InChI=1S/C17H14F2N4S/c1-17(18,19)11-5-3-2-4-10(11)15-21-8-9-6-7-12-14(13(9)23-15)24-16(20)22-12/h2-5,8H,6-7H2,1H3,(H2,20,22). The van der Waals surface area contributed by atoms with Crippen LogP contribution in [0.15, 0.2) is 30.5 Å². The smallest absolute Gasteiger partial charge is 0.271 e. The van der Waals surface area contributed by atoms with Gasteiger partial charge in [0.05, 0.1) is 16.3 Å². The highest BCUT2D eigenvalue weighted by Crippen LogP contribution is 2.39. The van der Waals surface area contributed by atoms with Crippen LogP contribution in [0, 0.1) is 0 Å². The average Bonchev–Trinajstić information content (AvgIpc) is 2.94. The maximum absolute atomic E-state index is 13.9. The Morgan fingerprint density at radius 2 is 1.96 bits per heavy atom. The van der Waals surface area contributed by atoms with Crippen LogP contribution in [0.1, 0.15) is 23.7 Å². The van der Waals surface area contributed by atoms with Gasteiger partial charge in [0, 0.05) is 24.2 Å². The molecule has 0 saturated heterocycles. The number of aryl methyl sites for hydroxylation is 2. The van der Waals surface area contributed by atoms with Crippen LogP contribution in [0.2, 0.25) is 0 Å². The van der Waals surface area contributed by atoms with Crippen LogP contribution < -0.4 is 5.73 Å². The van der Waals surface area contributed by atoms with Gasteiger partial charge in [-0.05, 0) is 18.4 Å². The molecule has 24 heavy (non-hydrogen) atoms. The van der Waals surface area contributed by atoms with E-state index in [1.165, 1.54) is 17.4 Å². The number of aromatic nitrogens is 3. The third-order valence-corrected chi connectivity index (χ3v) is 5.00. The summed E-state index contributed by atoms with van der Waals surface area (Å²) in [6, 6.07) is 6.34. The number of nitrogens with two attached hydrogens (primary N) is 1. The minimum Gasteiger partial charge on any atom is -0.375 e. The fourth-order valence-corrected chi connectivity index (χ4v) is 3.86. The minimum absolute atomic E-state index is 0.0789. The highest BCUT2D eigenvalue weighted by molar-refractivity contribution is 7.18. The maximum Gasteiger partial charge on any atom is 0.271 e. The van der Waals surface area contributed by atoms with E-state index in [9.17, 15) is 8.78 Å². The number of anilines is 1. The Kier molecular flexibility index (Phi) is 3.35. The number of fused-ring (bicyclic) bond motifs is 3. The minimum atomic E-state index is -2.96. The van der Waals surface area contributed by atoms with Crippen LogP contribution in [-0.2, 0) is 18.8 Å². The lowest BCUT2D eigenvalue weighted by atomic mass is 9.98. The molecular formula is C17H14F2N4S. The SMILES string of the molecule is CC(F)(F)c1ccccc1-c1ncc2c(n1)-c1sc(N)nc1CC2. The van der Waals surface area contributed by atoms with E-state index in [2.05, 4.69) is 15.0 Å². The van der Waals surface area contributed by atoms with Gasteiger partial charge in [-0.3, -0.25) is 0 Å². The molecular weight excluding hydrogens is 330 g/mol. The van der Waals surface area contributed by atoms with Gasteiger partial charge in [-0.2, -0.15) is 0 Å². The van der Waals surface area contributed by atoms with Gasteiger partial charge in [0.2, 0.25) is 0 Å². The average molecular weight is 344 g/mol. The molecule has 0 fully saturated rings. The van der Waals surface area contributed by atoms with Gasteiger partial charge in [0.25, 0.3) is 5.92 Å². The van der Waals surface area contributed by atoms with Crippen molar-refractivity contribution >= 4 is 16.5 Å². The largest absolute Gasteiger partial charge is 0.375 e. The number of halogens is 2. The number of benzene rings is 1. The van der Waals surface area contributed by atoms with Crippen LogP contribution in [0.4, 0.5) is 13.9 Å². The molecule has 4 nitrogen and oxygen atoms in total. The van der Waals surface area contributed by atoms with Crippen LogP contribution in [0.25, 0.3) is 22.0 Å². The quantitative estimate of drug-likeness (QED) is 0.761. The summed E-state index contributed by atoms with van der Waals surface area (Å²) in [7, 11) is 0. The van der Waals surface area contributed by atoms with Gasteiger partial charge in [0.1, 0.15) is 0 Å². The van der Waals surface area contributed by atoms with Crippen molar-refractivity contribution in [2.24, 2.45) is 0 Å². The highest BCUT2D eigenvalue weighted by atomic mass is 32.1. The van der Waals surface area contributed by atoms with E-state index in [0.29, 0.717) is 16.5 Å². The zero-order chi connectivity index (χ0) is 16.9. The Morgan fingerprint density at radius 1 is 1.17 bits per heavy atom. The van der Waals surface area contributed by atoms with Gasteiger partial charge in [-0.1, -0.05) is 35.6 Å². The van der Waals surface area contributed by atoms with Crippen molar-refractivity contribution in [1.82, 2.24) is 15.0 Å². The number of nitrogen functional groups attached to an aromatic ring is 1. The molecule has 0 atom stereocenters. The molecule has 2 aromatic heterocycles. The number of hydrogen-bond acceptors (Lipinski definition) is 5. The molecule has 0 saturated carbocycles. The third-order valence-electron chi connectivity index (χ3n) is 4.07. The Bertz CT molecular complexity index is 931. The number of thiazole rings is 1. The second kappa shape index (κ2) is 5.31. The van der Waals surface area contributed by atoms with Gasteiger partial charge < -0.3 is 5.73 Å². The van der Waals surface area contributed by atoms with Crippen molar-refractivity contribution in [3.8, 4) is 22.0 Å². The summed E-state index contributed by atoms with van der Waals surface area (Å²) in [4.78, 5) is 14.1. The molecule has 3 aromatic rings. The summed E-state index contributed by atoms with van der Waals surface area (Å²) in [6.07, 6.45) is 3.29. The van der Waals surface area contributed by atoms with E-state index >= 15 is 0 Å². The zero-order valence-electron chi connectivity index (χ0n) is 12.9. The molecule has 1 aliphatic carbocycles. The molecule has 0 unspecified atom stereocenters. The molecule has 1 aliphatic rings. The number of rotatable bonds is 2. The molecule has 1 aromatic carbocycles. The van der Waals surface area contributed by atoms with Crippen molar-refractivity contribution < 1.29 is 8.78 Å². The van der Waals surface area contributed by atoms with E-state index in [-0.39, 0.29) is 5.56 Å². The summed E-state index contributed by atoms with van der Waals surface area (Å²) >= 11 is 1.37. The summed E-state index contributed by atoms with van der Waals surface area (Å²) < 4.78 is 27.8. The molecule has 2 N–H and O–H groups in total. The summed E-state index contributed by atoms with van der Waals surface area (Å²) in [5, 5.41) is 0.494. The van der Waals surface area contributed by atoms with Crippen molar-refractivity contribution in [3.63, 3.8) is 0 Å². The predicted octanol–water partition coefficient (Wildman–Crippen LogP) is 4.06. The second-order valence-corrected chi connectivity index (χ2v) is 6.86. The van der Waals surface area contributed by atoms with Gasteiger partial charge >= 0.3 is 0 Å². The van der Waals surface area contributed by atoms with E-state index in [0.717, 1.165) is 41.6 Å². The predicted molar refractivity (Wildman–Crippen MR) is 90.0 cm³/mol. The van der Waals surface area contributed by atoms with E-state index in [4.69, 9.17) is 5.73 Å². The molecule has 0 spiro atoms. The molecule has 0 radical (unpaired) electrons. The first-order valence-electron chi connectivity index (χ1n) is 7.52. The van der Waals surface area contributed by atoms with Crippen molar-refractivity contribution in [3.05, 3.63) is 47.3 Å². The van der Waals surface area contributed by atoms with Crippen LogP contribution in [0.5, 0.6) is 0 Å². The fraction of sp³-hybridized carbons (Fsp3) is 0.235. The molecule has 7 heteroatoms. The molecule has 122 valence electrons. The second-order valence-electron chi connectivity index (χ2n) is 5.83. The Hall–Kier alpha value is -2.41. The van der Waals surface area contributed by atoms with Gasteiger partial charge in [-0.25, -0.2) is 23.7 Å². The monoisotopic (exact) mass is 344 g/mol. The fourth-order valence-electron chi connectivity index (χ4n) is 2.95. The summed E-state index contributed by atoms with van der Waals surface area (Å²) in [5.74, 6) is -2.67. The molecule has 0 amide bonds. The lowest BCUT2D eigenvalue weighted by Crippen LogP contribution is -2.11. The van der Waals surface area contributed by atoms with Crippen molar-refractivity contribution in [2.75, 3.05) is 5.73 Å². The van der Waals surface area contributed by atoms with Crippen LogP contribution in [-0.4, -0.2) is 15.0 Å². The molecule has 4 rings (SSSR count). The number of nitrogens with zero attached hydrogens (tertiary/aromatic N) is 3. The first-order valence-corrected chi connectivity index (χ1v) is 8.34. The van der Waals surface area contributed by atoms with E-state index in [1.807, 2.05) is 0 Å². The summed E-state index contributed by atoms with van der Waals surface area (Å²) in [6.45, 7) is 0.881. The van der Waals surface area contributed by atoms with E-state index in [1.54, 1.807) is 24.4 Å². The number of hydrogen-bond donors (Lipinski definition) is 1. The first-order chi connectivity index (χ1) is 11.4. The van der Waals surface area contributed by atoms with Crippen molar-refractivity contribution in [1.29, 1.82) is 0 Å². The van der Waals surface area contributed by atoms with E-state index < -0.39 is 5.92 Å². The zero-order valence-corrected chi connectivity index (χ0v) is 13.7.